The molecule has 7 heteroatoms. The second-order valence-electron chi connectivity index (χ2n) is 6.21. The van der Waals surface area contributed by atoms with Crippen LogP contribution in [-0.4, -0.2) is 45.6 Å². The number of nitrogens with one attached hydrogen (secondary N) is 2. The predicted octanol–water partition coefficient (Wildman–Crippen LogP) is 2.20. The minimum atomic E-state index is -0.840. The Labute approximate surface area is 158 Å². The van der Waals surface area contributed by atoms with Crippen molar-refractivity contribution in [1.29, 1.82) is 5.41 Å². The van der Waals surface area contributed by atoms with Crippen molar-refractivity contribution in [3.63, 3.8) is 0 Å². The molecule has 0 saturated carbocycles. The Balaban J connectivity index is 1.71. The third kappa shape index (κ3) is 4.65. The monoisotopic (exact) mass is 365 g/mol. The molecule has 3 rings (SSSR count). The van der Waals surface area contributed by atoms with Gasteiger partial charge in [0.05, 0.1) is 24.6 Å². The maximum atomic E-state index is 9.97. The molecule has 0 aliphatic carbocycles. The van der Waals surface area contributed by atoms with E-state index in [0.29, 0.717) is 35.8 Å². The van der Waals surface area contributed by atoms with E-state index in [4.69, 9.17) is 10.5 Å². The van der Waals surface area contributed by atoms with Crippen LogP contribution in [0.3, 0.4) is 0 Å². The van der Waals surface area contributed by atoms with Crippen LogP contribution in [0.2, 0.25) is 0 Å². The van der Waals surface area contributed by atoms with Gasteiger partial charge in [-0.2, -0.15) is 5.10 Å². The first-order valence-corrected chi connectivity index (χ1v) is 8.75. The molecule has 27 heavy (non-hydrogen) atoms. The van der Waals surface area contributed by atoms with Crippen LogP contribution in [-0.2, 0) is 6.54 Å². The van der Waals surface area contributed by atoms with Crippen LogP contribution in [0.25, 0.3) is 0 Å². The summed E-state index contributed by atoms with van der Waals surface area (Å²) >= 11 is 0. The highest BCUT2D eigenvalue weighted by Crippen LogP contribution is 2.20. The normalized spacial score (nSPS) is 16.7. The van der Waals surface area contributed by atoms with Crippen LogP contribution in [0.1, 0.15) is 24.3 Å². The van der Waals surface area contributed by atoms with E-state index in [0.717, 1.165) is 5.56 Å². The molecule has 1 atom stereocenters. The Hall–Kier alpha value is -2.87. The summed E-state index contributed by atoms with van der Waals surface area (Å²) in [4.78, 5) is 4.55. The summed E-state index contributed by atoms with van der Waals surface area (Å²) in [5.41, 5.74) is 3.69. The largest absolute Gasteiger partial charge is 0.395 e. The summed E-state index contributed by atoms with van der Waals surface area (Å²) in [6.45, 7) is 2.64. The number of benzene rings is 2. The van der Waals surface area contributed by atoms with Gasteiger partial charge < -0.3 is 10.2 Å². The molecule has 7 nitrogen and oxygen atoms in total. The molecular formula is C20H23N5O2. The number of nitrogens with zero attached hydrogens (tertiary/aromatic N) is 3. The number of rotatable bonds is 7. The minimum absolute atomic E-state index is 0.0387. The van der Waals surface area contributed by atoms with Gasteiger partial charge in [0.2, 0.25) is 0 Å². The van der Waals surface area contributed by atoms with Crippen molar-refractivity contribution in [2.45, 2.75) is 19.7 Å². The van der Waals surface area contributed by atoms with E-state index in [9.17, 15) is 5.11 Å². The van der Waals surface area contributed by atoms with Gasteiger partial charge >= 0.3 is 0 Å². The Bertz CT molecular complexity index is 846. The number of hydrogen-bond acceptors (Lipinski definition) is 6. The molecule has 2 aromatic rings. The number of hydrogen-bond donors (Lipinski definition) is 4. The molecule has 0 bridgehead atoms. The Morgan fingerprint density at radius 3 is 2.52 bits per heavy atom. The van der Waals surface area contributed by atoms with Crippen molar-refractivity contribution >= 4 is 22.9 Å². The van der Waals surface area contributed by atoms with Gasteiger partial charge in [0, 0.05) is 6.54 Å². The van der Waals surface area contributed by atoms with Gasteiger partial charge in [0.15, 0.2) is 5.84 Å². The first-order valence-electron chi connectivity index (χ1n) is 8.75. The topological polar surface area (TPSA) is 104 Å². The van der Waals surface area contributed by atoms with Crippen LogP contribution < -0.4 is 5.32 Å². The van der Waals surface area contributed by atoms with Gasteiger partial charge in [0.1, 0.15) is 11.9 Å². The summed E-state index contributed by atoms with van der Waals surface area (Å²) in [6, 6.07) is 17.0. The maximum absolute atomic E-state index is 9.97. The molecule has 4 N–H and O–H groups in total. The fraction of sp³-hybridized carbons (Fsp3) is 0.250. The molecule has 0 fully saturated rings. The van der Waals surface area contributed by atoms with Crippen molar-refractivity contribution in [2.24, 2.45) is 10.1 Å². The predicted molar refractivity (Wildman–Crippen MR) is 106 cm³/mol. The van der Waals surface area contributed by atoms with Crippen LogP contribution in [0.5, 0.6) is 0 Å². The van der Waals surface area contributed by atoms with Gasteiger partial charge in [0.25, 0.3) is 0 Å². The van der Waals surface area contributed by atoms with Crippen molar-refractivity contribution in [1.82, 2.24) is 10.3 Å². The van der Waals surface area contributed by atoms with Crippen molar-refractivity contribution < 1.29 is 10.2 Å². The van der Waals surface area contributed by atoms with Crippen molar-refractivity contribution in [3.8, 4) is 0 Å². The zero-order valence-electron chi connectivity index (χ0n) is 15.1. The Morgan fingerprint density at radius 2 is 1.85 bits per heavy atom. The van der Waals surface area contributed by atoms with Crippen molar-refractivity contribution in [3.05, 3.63) is 65.7 Å². The third-order valence-electron chi connectivity index (χ3n) is 4.17. The lowest BCUT2D eigenvalue weighted by atomic mass is 10.1. The SMILES string of the molecule is CC1=NN(Cc2ccccc2)C(=N)C1=Nc1ccc(C(O)NCCO)cc1. The molecule has 1 unspecified atom stereocenters. The molecule has 0 aromatic heterocycles. The van der Waals surface area contributed by atoms with Gasteiger partial charge in [-0.1, -0.05) is 42.5 Å². The number of aliphatic hydroxyl groups is 2. The molecule has 0 saturated heterocycles. The molecule has 1 heterocycles. The van der Waals surface area contributed by atoms with E-state index in [1.807, 2.05) is 37.3 Å². The summed E-state index contributed by atoms with van der Waals surface area (Å²) < 4.78 is 0. The molecule has 0 radical (unpaired) electrons. The van der Waals surface area contributed by atoms with E-state index in [1.165, 1.54) is 0 Å². The smallest absolute Gasteiger partial charge is 0.169 e. The molecular weight excluding hydrogens is 342 g/mol. The highest BCUT2D eigenvalue weighted by molar-refractivity contribution is 6.69. The zero-order valence-corrected chi connectivity index (χ0v) is 15.1. The first-order chi connectivity index (χ1) is 13.1. The van der Waals surface area contributed by atoms with Crippen molar-refractivity contribution in [2.75, 3.05) is 13.2 Å². The second kappa shape index (κ2) is 8.68. The summed E-state index contributed by atoms with van der Waals surface area (Å²) in [5, 5.41) is 36.0. The zero-order chi connectivity index (χ0) is 19.2. The highest BCUT2D eigenvalue weighted by Gasteiger charge is 2.25. The standard InChI is InChI=1S/C20H23N5O2/c1-14-18(19(21)25(24-14)13-15-5-3-2-4-6-15)23-17-9-7-16(8-10-17)20(27)22-11-12-26/h2-10,20-22,26-27H,11-13H2,1H3. The summed E-state index contributed by atoms with van der Waals surface area (Å²) in [7, 11) is 0. The third-order valence-corrected chi connectivity index (χ3v) is 4.17. The van der Waals surface area contributed by atoms with Crippen LogP contribution in [0, 0.1) is 5.41 Å². The van der Waals surface area contributed by atoms with Crippen LogP contribution in [0.15, 0.2) is 64.7 Å². The quantitative estimate of drug-likeness (QED) is 0.565. The Morgan fingerprint density at radius 1 is 1.15 bits per heavy atom. The first kappa shape index (κ1) is 18.9. The molecule has 0 amide bonds. The van der Waals surface area contributed by atoms with E-state index in [2.05, 4.69) is 15.4 Å². The van der Waals surface area contributed by atoms with Gasteiger partial charge in [-0.3, -0.25) is 10.7 Å². The molecule has 1 aliphatic heterocycles. The van der Waals surface area contributed by atoms with E-state index in [-0.39, 0.29) is 12.4 Å². The summed E-state index contributed by atoms with van der Waals surface area (Å²) in [6.07, 6.45) is -0.840. The number of hydrazone groups is 1. The average molecular weight is 365 g/mol. The van der Waals surface area contributed by atoms with E-state index < -0.39 is 6.23 Å². The average Bonchev–Trinajstić information content (AvgIpc) is 2.95. The van der Waals surface area contributed by atoms with E-state index in [1.54, 1.807) is 29.3 Å². The second-order valence-corrected chi connectivity index (χ2v) is 6.21. The molecule has 140 valence electrons. The van der Waals surface area contributed by atoms with Gasteiger partial charge in [-0.15, -0.1) is 0 Å². The van der Waals surface area contributed by atoms with Gasteiger partial charge in [-0.05, 0) is 30.2 Å². The van der Waals surface area contributed by atoms with E-state index >= 15 is 0 Å². The molecule has 1 aliphatic rings. The highest BCUT2D eigenvalue weighted by atomic mass is 16.3. The molecule has 0 spiro atoms. The fourth-order valence-electron chi connectivity index (χ4n) is 2.76. The number of aliphatic hydroxyl groups excluding tert-OH is 2. The summed E-state index contributed by atoms with van der Waals surface area (Å²) in [5.74, 6) is 0.269. The maximum Gasteiger partial charge on any atom is 0.169 e. The lowest BCUT2D eigenvalue weighted by molar-refractivity contribution is 0.129. The number of amidine groups is 1. The lowest BCUT2D eigenvalue weighted by Crippen LogP contribution is -2.26. The Kier molecular flexibility index (Phi) is 6.08. The fourth-order valence-corrected chi connectivity index (χ4v) is 2.76. The van der Waals surface area contributed by atoms with Crippen LogP contribution in [0.4, 0.5) is 5.69 Å². The lowest BCUT2D eigenvalue weighted by Gasteiger charge is -2.14. The minimum Gasteiger partial charge on any atom is -0.395 e. The number of aliphatic imine (C=N–C) groups is 1. The van der Waals surface area contributed by atoms with Gasteiger partial charge in [-0.25, -0.2) is 10.0 Å². The molecule has 2 aromatic carbocycles. The van der Waals surface area contributed by atoms with Crippen LogP contribution >= 0.6 is 0 Å².